The van der Waals surface area contributed by atoms with Crippen molar-refractivity contribution in [3.05, 3.63) is 17.0 Å². The lowest BCUT2D eigenvalue weighted by Gasteiger charge is -2.25. The van der Waals surface area contributed by atoms with Gasteiger partial charge in [0.25, 0.3) is 0 Å². The molecule has 21 heavy (non-hydrogen) atoms. The van der Waals surface area contributed by atoms with Crippen LogP contribution in [0.2, 0.25) is 0 Å². The second kappa shape index (κ2) is 6.05. The number of aryl methyl sites for hydroxylation is 1. The molecule has 1 aromatic heterocycles. The molecule has 1 N–H and O–H groups in total. The van der Waals surface area contributed by atoms with Crippen LogP contribution >= 0.6 is 0 Å². The molecule has 0 bridgehead atoms. The van der Waals surface area contributed by atoms with E-state index < -0.39 is 0 Å². The number of nitrogens with zero attached hydrogens (tertiary/aromatic N) is 3. The number of rotatable bonds is 3. The third kappa shape index (κ3) is 2.64. The summed E-state index contributed by atoms with van der Waals surface area (Å²) in [5, 5.41) is 7.68. The van der Waals surface area contributed by atoms with Crippen LogP contribution in [0, 0.1) is 0 Å². The van der Waals surface area contributed by atoms with Gasteiger partial charge in [0.05, 0.1) is 24.9 Å². The van der Waals surface area contributed by atoms with Crippen LogP contribution in [0.3, 0.4) is 0 Å². The molecule has 1 aromatic rings. The third-order valence-electron chi connectivity index (χ3n) is 4.39. The van der Waals surface area contributed by atoms with Gasteiger partial charge < -0.3 is 15.0 Å². The number of carbonyl (C=O) groups excluding carboxylic acids is 1. The standard InChI is InChI=1S/C15H24N4O2/c1-3-7-16-15(20)19-8-4-5-13(19)14-11-10-21-9-6-12(11)18(2)17-14/h13H,3-10H2,1-2H3,(H,16,20). The van der Waals surface area contributed by atoms with Gasteiger partial charge in [-0.1, -0.05) is 6.92 Å². The van der Waals surface area contributed by atoms with E-state index in [4.69, 9.17) is 9.84 Å². The number of carbonyl (C=O) groups is 1. The van der Waals surface area contributed by atoms with Crippen molar-refractivity contribution in [1.29, 1.82) is 0 Å². The first-order valence-corrected chi connectivity index (χ1v) is 7.89. The lowest BCUT2D eigenvalue weighted by Crippen LogP contribution is -2.40. The first-order valence-electron chi connectivity index (χ1n) is 7.89. The van der Waals surface area contributed by atoms with Crippen LogP contribution in [0.5, 0.6) is 0 Å². The quantitative estimate of drug-likeness (QED) is 0.923. The van der Waals surface area contributed by atoms with Crippen molar-refractivity contribution >= 4 is 6.03 Å². The van der Waals surface area contributed by atoms with Crippen LogP contribution < -0.4 is 5.32 Å². The lowest BCUT2D eigenvalue weighted by molar-refractivity contribution is 0.107. The van der Waals surface area contributed by atoms with Crippen molar-refractivity contribution in [2.75, 3.05) is 19.7 Å². The molecule has 3 heterocycles. The number of aromatic nitrogens is 2. The van der Waals surface area contributed by atoms with E-state index in [1.54, 1.807) is 0 Å². The molecular weight excluding hydrogens is 268 g/mol. The van der Waals surface area contributed by atoms with Crippen molar-refractivity contribution in [2.24, 2.45) is 7.05 Å². The summed E-state index contributed by atoms with van der Waals surface area (Å²) in [6, 6.07) is 0.133. The molecule has 1 unspecified atom stereocenters. The molecular formula is C15H24N4O2. The van der Waals surface area contributed by atoms with E-state index in [9.17, 15) is 4.79 Å². The highest BCUT2D eigenvalue weighted by Crippen LogP contribution is 2.35. The zero-order chi connectivity index (χ0) is 14.8. The average molecular weight is 292 g/mol. The fourth-order valence-corrected chi connectivity index (χ4v) is 3.33. The molecule has 0 aliphatic carbocycles. The van der Waals surface area contributed by atoms with Gasteiger partial charge in [-0.3, -0.25) is 4.68 Å². The van der Waals surface area contributed by atoms with E-state index in [0.717, 1.165) is 51.1 Å². The largest absolute Gasteiger partial charge is 0.376 e. The Bertz CT molecular complexity index is 526. The minimum absolute atomic E-state index is 0.0375. The molecule has 116 valence electrons. The number of fused-ring (bicyclic) bond motifs is 1. The Morgan fingerprint density at radius 1 is 1.52 bits per heavy atom. The number of nitrogens with one attached hydrogen (secondary N) is 1. The lowest BCUT2D eigenvalue weighted by atomic mass is 10.0. The Labute approximate surface area is 125 Å². The minimum Gasteiger partial charge on any atom is -0.376 e. The van der Waals surface area contributed by atoms with E-state index in [1.165, 1.54) is 11.3 Å². The zero-order valence-electron chi connectivity index (χ0n) is 12.9. The molecule has 1 atom stereocenters. The van der Waals surface area contributed by atoms with Crippen LogP contribution in [0.25, 0.3) is 0 Å². The van der Waals surface area contributed by atoms with Gasteiger partial charge in [-0.25, -0.2) is 4.79 Å². The number of likely N-dealkylation sites (tertiary alicyclic amines) is 1. The highest BCUT2D eigenvalue weighted by Gasteiger charge is 2.35. The molecule has 6 nitrogen and oxygen atoms in total. The van der Waals surface area contributed by atoms with Crippen LogP contribution in [-0.2, 0) is 24.8 Å². The summed E-state index contributed by atoms with van der Waals surface area (Å²) in [5.74, 6) is 0. The van der Waals surface area contributed by atoms with Gasteiger partial charge in [0.1, 0.15) is 0 Å². The normalized spacial score (nSPS) is 21.4. The number of amides is 2. The molecule has 2 aliphatic rings. The van der Waals surface area contributed by atoms with Gasteiger partial charge in [-0.15, -0.1) is 0 Å². The number of ether oxygens (including phenoxy) is 1. The van der Waals surface area contributed by atoms with Crippen LogP contribution in [0.4, 0.5) is 4.79 Å². The second-order valence-corrected chi connectivity index (χ2v) is 5.82. The van der Waals surface area contributed by atoms with E-state index in [1.807, 2.05) is 16.6 Å². The maximum atomic E-state index is 12.3. The van der Waals surface area contributed by atoms with Crippen LogP contribution in [-0.4, -0.2) is 40.4 Å². The summed E-state index contributed by atoms with van der Waals surface area (Å²) < 4.78 is 7.56. The molecule has 0 radical (unpaired) electrons. The summed E-state index contributed by atoms with van der Waals surface area (Å²) in [5.41, 5.74) is 3.50. The summed E-state index contributed by atoms with van der Waals surface area (Å²) in [4.78, 5) is 14.2. The fourth-order valence-electron chi connectivity index (χ4n) is 3.33. The molecule has 1 saturated heterocycles. The van der Waals surface area contributed by atoms with Gasteiger partial charge in [0.2, 0.25) is 0 Å². The third-order valence-corrected chi connectivity index (χ3v) is 4.39. The molecule has 6 heteroatoms. The number of hydrogen-bond acceptors (Lipinski definition) is 3. The van der Waals surface area contributed by atoms with E-state index in [0.29, 0.717) is 6.61 Å². The monoisotopic (exact) mass is 292 g/mol. The van der Waals surface area contributed by atoms with E-state index >= 15 is 0 Å². The summed E-state index contributed by atoms with van der Waals surface area (Å²) in [6.45, 7) is 4.99. The Hall–Kier alpha value is -1.56. The predicted molar refractivity (Wildman–Crippen MR) is 78.9 cm³/mol. The van der Waals surface area contributed by atoms with Gasteiger partial charge in [0.15, 0.2) is 0 Å². The maximum absolute atomic E-state index is 12.3. The molecule has 2 aliphatic heterocycles. The Kier molecular flexibility index (Phi) is 4.14. The maximum Gasteiger partial charge on any atom is 0.317 e. The minimum atomic E-state index is 0.0375. The van der Waals surface area contributed by atoms with Crippen molar-refractivity contribution in [1.82, 2.24) is 20.0 Å². The first-order chi connectivity index (χ1) is 10.2. The first kappa shape index (κ1) is 14.4. The summed E-state index contributed by atoms with van der Waals surface area (Å²) in [7, 11) is 1.99. The van der Waals surface area contributed by atoms with Gasteiger partial charge in [0, 0.05) is 37.8 Å². The molecule has 0 spiro atoms. The molecule has 3 rings (SSSR count). The van der Waals surface area contributed by atoms with Crippen LogP contribution in [0.1, 0.15) is 49.2 Å². The summed E-state index contributed by atoms with van der Waals surface area (Å²) in [6.07, 6.45) is 3.89. The zero-order valence-corrected chi connectivity index (χ0v) is 12.9. The van der Waals surface area contributed by atoms with Crippen molar-refractivity contribution in [2.45, 2.75) is 45.3 Å². The highest BCUT2D eigenvalue weighted by molar-refractivity contribution is 5.75. The summed E-state index contributed by atoms with van der Waals surface area (Å²) >= 11 is 0. The van der Waals surface area contributed by atoms with Crippen LogP contribution in [0.15, 0.2) is 0 Å². The molecule has 0 saturated carbocycles. The Morgan fingerprint density at radius 3 is 3.19 bits per heavy atom. The van der Waals surface area contributed by atoms with Crippen molar-refractivity contribution in [3.8, 4) is 0 Å². The molecule has 0 aromatic carbocycles. The Balaban J connectivity index is 1.84. The van der Waals surface area contributed by atoms with Crippen molar-refractivity contribution < 1.29 is 9.53 Å². The topological polar surface area (TPSA) is 59.4 Å². The highest BCUT2D eigenvalue weighted by atomic mass is 16.5. The number of hydrogen-bond donors (Lipinski definition) is 1. The number of urea groups is 1. The SMILES string of the molecule is CCCNC(=O)N1CCCC1c1nn(C)c2c1COCC2. The smallest absolute Gasteiger partial charge is 0.317 e. The van der Waals surface area contributed by atoms with E-state index in [2.05, 4.69) is 12.2 Å². The van der Waals surface area contributed by atoms with Gasteiger partial charge in [-0.05, 0) is 19.3 Å². The van der Waals surface area contributed by atoms with Gasteiger partial charge in [-0.2, -0.15) is 5.10 Å². The Morgan fingerprint density at radius 2 is 2.38 bits per heavy atom. The second-order valence-electron chi connectivity index (χ2n) is 5.82. The van der Waals surface area contributed by atoms with Gasteiger partial charge >= 0.3 is 6.03 Å². The van der Waals surface area contributed by atoms with Crippen molar-refractivity contribution in [3.63, 3.8) is 0 Å². The molecule has 1 fully saturated rings. The predicted octanol–water partition coefficient (Wildman–Crippen LogP) is 1.75. The molecule has 2 amide bonds. The fraction of sp³-hybridized carbons (Fsp3) is 0.733. The van der Waals surface area contributed by atoms with E-state index in [-0.39, 0.29) is 12.1 Å². The average Bonchev–Trinajstić information content (AvgIpc) is 3.10.